The first-order valence-electron chi connectivity index (χ1n) is 12.0. The van der Waals surface area contributed by atoms with Gasteiger partial charge in [-0.05, 0) is 37.5 Å². The molecule has 0 amide bonds. The van der Waals surface area contributed by atoms with Gasteiger partial charge in [-0.25, -0.2) is 13.8 Å². The second kappa shape index (κ2) is 9.19. The predicted molar refractivity (Wildman–Crippen MR) is 131 cm³/mol. The monoisotopic (exact) mass is 496 g/mol. The SMILES string of the molecule is FC1(F)CN(CCCn2cc(-c3cnc4ccc(Nc5nnc(C6CCCC6)s5)nc4c3)cn2)C1. The van der Waals surface area contributed by atoms with E-state index in [0.29, 0.717) is 24.8 Å². The Morgan fingerprint density at radius 2 is 1.89 bits per heavy atom. The molecule has 0 spiro atoms. The van der Waals surface area contributed by atoms with Gasteiger partial charge in [-0.2, -0.15) is 5.10 Å². The summed E-state index contributed by atoms with van der Waals surface area (Å²) in [4.78, 5) is 11.1. The highest BCUT2D eigenvalue weighted by molar-refractivity contribution is 7.15. The first-order chi connectivity index (χ1) is 17.0. The van der Waals surface area contributed by atoms with E-state index in [9.17, 15) is 8.78 Å². The smallest absolute Gasteiger partial charge is 0.272 e. The summed E-state index contributed by atoms with van der Waals surface area (Å²) in [6.45, 7) is 1.06. The Hall–Kier alpha value is -3.05. The van der Waals surface area contributed by atoms with Crippen molar-refractivity contribution in [3.63, 3.8) is 0 Å². The van der Waals surface area contributed by atoms with Crippen molar-refractivity contribution in [2.45, 2.75) is 50.5 Å². The van der Waals surface area contributed by atoms with Crippen LogP contribution in [-0.4, -0.2) is 60.4 Å². The van der Waals surface area contributed by atoms with Crippen LogP contribution in [0.4, 0.5) is 19.7 Å². The maximum absolute atomic E-state index is 13.0. The van der Waals surface area contributed by atoms with Gasteiger partial charge in [0.25, 0.3) is 5.92 Å². The molecule has 0 radical (unpaired) electrons. The van der Waals surface area contributed by atoms with E-state index < -0.39 is 5.92 Å². The molecule has 1 saturated carbocycles. The number of nitrogens with zero attached hydrogens (tertiary/aromatic N) is 7. The third kappa shape index (κ3) is 5.01. The largest absolute Gasteiger partial charge is 0.315 e. The lowest BCUT2D eigenvalue weighted by atomic mass is 10.1. The minimum Gasteiger partial charge on any atom is -0.315 e. The zero-order chi connectivity index (χ0) is 23.8. The van der Waals surface area contributed by atoms with E-state index in [1.807, 2.05) is 35.3 Å². The molecule has 11 heteroatoms. The average Bonchev–Trinajstić information content (AvgIpc) is 3.59. The van der Waals surface area contributed by atoms with Crippen molar-refractivity contribution in [3.05, 3.63) is 41.8 Å². The maximum Gasteiger partial charge on any atom is 0.272 e. The lowest BCUT2D eigenvalue weighted by Crippen LogP contribution is -2.56. The molecule has 0 unspecified atom stereocenters. The summed E-state index contributed by atoms with van der Waals surface area (Å²) in [6.07, 6.45) is 11.3. The summed E-state index contributed by atoms with van der Waals surface area (Å²) in [5, 5.41) is 18.3. The van der Waals surface area contributed by atoms with Crippen molar-refractivity contribution in [2.24, 2.45) is 0 Å². The van der Waals surface area contributed by atoms with Crippen LogP contribution in [0.5, 0.6) is 0 Å². The zero-order valence-electron chi connectivity index (χ0n) is 19.2. The molecule has 0 atom stereocenters. The normalized spacial score (nSPS) is 18.2. The highest BCUT2D eigenvalue weighted by Gasteiger charge is 2.43. The Kier molecular flexibility index (Phi) is 5.89. The number of hydrogen-bond donors (Lipinski definition) is 1. The Morgan fingerprint density at radius 3 is 2.71 bits per heavy atom. The summed E-state index contributed by atoms with van der Waals surface area (Å²) in [7, 11) is 0. The van der Waals surface area contributed by atoms with Gasteiger partial charge >= 0.3 is 0 Å². The topological polar surface area (TPSA) is 84.7 Å². The van der Waals surface area contributed by atoms with Crippen LogP contribution in [0, 0.1) is 0 Å². The molecule has 5 heterocycles. The summed E-state index contributed by atoms with van der Waals surface area (Å²) < 4.78 is 27.8. The molecule has 2 aliphatic rings. The van der Waals surface area contributed by atoms with Gasteiger partial charge in [0.2, 0.25) is 5.13 Å². The van der Waals surface area contributed by atoms with E-state index in [1.54, 1.807) is 22.4 Å². The van der Waals surface area contributed by atoms with Gasteiger partial charge in [-0.3, -0.25) is 14.6 Å². The van der Waals surface area contributed by atoms with Crippen LogP contribution < -0.4 is 5.32 Å². The number of hydrogen-bond acceptors (Lipinski definition) is 8. The van der Waals surface area contributed by atoms with Gasteiger partial charge in [-0.15, -0.1) is 10.2 Å². The van der Waals surface area contributed by atoms with Crippen LogP contribution in [0.3, 0.4) is 0 Å². The van der Waals surface area contributed by atoms with Crippen LogP contribution in [0.2, 0.25) is 0 Å². The van der Waals surface area contributed by atoms with Crippen LogP contribution in [0.25, 0.3) is 22.2 Å². The first-order valence-corrected chi connectivity index (χ1v) is 12.8. The van der Waals surface area contributed by atoms with Crippen molar-refractivity contribution in [3.8, 4) is 11.1 Å². The summed E-state index contributed by atoms with van der Waals surface area (Å²) in [5.74, 6) is -1.26. The first kappa shape index (κ1) is 22.4. The van der Waals surface area contributed by atoms with Crippen LogP contribution in [0.15, 0.2) is 36.8 Å². The molecule has 0 bridgehead atoms. The second-order valence-corrected chi connectivity index (χ2v) is 10.4. The number of likely N-dealkylation sites (tertiary alicyclic amines) is 1. The van der Waals surface area contributed by atoms with Crippen molar-refractivity contribution < 1.29 is 8.78 Å². The van der Waals surface area contributed by atoms with Gasteiger partial charge in [0.15, 0.2) is 0 Å². The molecule has 4 aromatic rings. The van der Waals surface area contributed by atoms with Crippen LogP contribution in [0.1, 0.15) is 43.0 Å². The standard InChI is InChI=1S/C24H26F2N8S/c25-24(26)14-33(15-24)8-3-9-34-13-18(12-28-34)17-10-20-19(27-11-17)6-7-21(29-20)30-23-32-31-22(35-23)16-4-1-2-5-16/h6-7,10-13,16H,1-5,8-9,14-15H2,(H,29,30,32). The molecule has 0 aromatic carbocycles. The van der Waals surface area contributed by atoms with Gasteiger partial charge < -0.3 is 5.32 Å². The van der Waals surface area contributed by atoms with Gasteiger partial charge in [0, 0.05) is 42.5 Å². The Morgan fingerprint density at radius 1 is 1.03 bits per heavy atom. The third-order valence-corrected chi connectivity index (χ3v) is 7.66. The summed E-state index contributed by atoms with van der Waals surface area (Å²) in [5.41, 5.74) is 3.46. The van der Waals surface area contributed by atoms with E-state index in [1.165, 1.54) is 25.7 Å². The van der Waals surface area contributed by atoms with Crippen LogP contribution >= 0.6 is 11.3 Å². The van der Waals surface area contributed by atoms with Gasteiger partial charge in [0.1, 0.15) is 10.8 Å². The Labute approximate surface area is 205 Å². The molecule has 4 aromatic heterocycles. The fourth-order valence-corrected chi connectivity index (χ4v) is 5.74. The average molecular weight is 497 g/mol. The quantitative estimate of drug-likeness (QED) is 0.364. The fourth-order valence-electron chi connectivity index (χ4n) is 4.82. The zero-order valence-corrected chi connectivity index (χ0v) is 20.0. The van der Waals surface area contributed by atoms with E-state index in [2.05, 4.69) is 25.6 Å². The van der Waals surface area contributed by atoms with Crippen molar-refractivity contribution in [2.75, 3.05) is 25.0 Å². The lowest BCUT2D eigenvalue weighted by molar-refractivity contribution is -0.130. The molecular weight excluding hydrogens is 470 g/mol. The molecule has 35 heavy (non-hydrogen) atoms. The molecule has 1 aliphatic heterocycles. The van der Waals surface area contributed by atoms with Crippen LogP contribution in [-0.2, 0) is 6.54 Å². The van der Waals surface area contributed by atoms with E-state index in [4.69, 9.17) is 4.98 Å². The number of fused-ring (bicyclic) bond motifs is 1. The van der Waals surface area contributed by atoms with Crippen molar-refractivity contribution in [1.82, 2.24) is 34.8 Å². The van der Waals surface area contributed by atoms with Gasteiger partial charge in [-0.1, -0.05) is 24.2 Å². The molecule has 2 fully saturated rings. The molecule has 1 saturated heterocycles. The molecule has 182 valence electrons. The van der Waals surface area contributed by atoms with Gasteiger partial charge in [0.05, 0.1) is 30.3 Å². The molecule has 1 aliphatic carbocycles. The second-order valence-electron chi connectivity index (χ2n) is 9.42. The number of aryl methyl sites for hydroxylation is 1. The van der Waals surface area contributed by atoms with E-state index >= 15 is 0 Å². The number of rotatable bonds is 8. The maximum atomic E-state index is 13.0. The van der Waals surface area contributed by atoms with Crippen molar-refractivity contribution >= 4 is 33.3 Å². The fraction of sp³-hybridized carbons (Fsp3) is 0.458. The molecule has 1 N–H and O–H groups in total. The molecule has 8 nitrogen and oxygen atoms in total. The number of pyridine rings is 2. The highest BCUT2D eigenvalue weighted by atomic mass is 32.1. The lowest BCUT2D eigenvalue weighted by Gasteiger charge is -2.38. The third-order valence-electron chi connectivity index (χ3n) is 6.66. The van der Waals surface area contributed by atoms with Crippen molar-refractivity contribution in [1.29, 1.82) is 0 Å². The predicted octanol–water partition coefficient (Wildman–Crippen LogP) is 5.09. The van der Waals surface area contributed by atoms with E-state index in [-0.39, 0.29) is 13.1 Å². The number of alkyl halides is 2. The number of aromatic nitrogens is 6. The summed E-state index contributed by atoms with van der Waals surface area (Å²) in [6, 6.07) is 5.84. The highest BCUT2D eigenvalue weighted by Crippen LogP contribution is 2.37. The number of nitrogens with one attached hydrogen (secondary N) is 1. The molecule has 6 rings (SSSR count). The molecular formula is C24H26F2N8S. The Balaban J connectivity index is 1.11. The van der Waals surface area contributed by atoms with E-state index in [0.717, 1.165) is 38.7 Å². The Bertz CT molecular complexity index is 1320. The summed E-state index contributed by atoms with van der Waals surface area (Å²) >= 11 is 1.61. The number of halogens is 2. The minimum atomic E-state index is -2.51. The minimum absolute atomic E-state index is 0.134. The number of anilines is 2.